The lowest BCUT2D eigenvalue weighted by Crippen LogP contribution is -2.38. The molecular formula is C13H29N3O2. The van der Waals surface area contributed by atoms with E-state index in [9.17, 15) is 4.79 Å². The van der Waals surface area contributed by atoms with E-state index in [4.69, 9.17) is 4.84 Å². The molecule has 5 heteroatoms. The van der Waals surface area contributed by atoms with Gasteiger partial charge in [0.25, 0.3) is 0 Å². The Kier molecular flexibility index (Phi) is 10.8. The molecular weight excluding hydrogens is 230 g/mol. The predicted octanol–water partition coefficient (Wildman–Crippen LogP) is 2.04. The Labute approximate surface area is 111 Å². The topological polar surface area (TPSA) is 62.4 Å². The normalized spacial score (nSPS) is 11.0. The molecule has 0 rings (SSSR count). The highest BCUT2D eigenvalue weighted by Gasteiger charge is 1.99. The minimum Gasteiger partial charge on any atom is -0.338 e. The number of rotatable bonds is 10. The monoisotopic (exact) mass is 259 g/mol. The van der Waals surface area contributed by atoms with Crippen LogP contribution < -0.4 is 16.1 Å². The molecule has 0 atom stereocenters. The summed E-state index contributed by atoms with van der Waals surface area (Å²) in [6.07, 6.45) is 3.42. The van der Waals surface area contributed by atoms with E-state index in [2.05, 4.69) is 30.0 Å². The van der Waals surface area contributed by atoms with Crippen molar-refractivity contribution in [3.8, 4) is 0 Å². The first-order valence-corrected chi connectivity index (χ1v) is 6.91. The smallest absolute Gasteiger partial charge is 0.314 e. The number of nitrogens with one attached hydrogen (secondary N) is 3. The number of hydrogen-bond donors (Lipinski definition) is 3. The molecule has 0 saturated heterocycles. The van der Waals surface area contributed by atoms with Crippen molar-refractivity contribution < 1.29 is 9.63 Å². The van der Waals surface area contributed by atoms with E-state index in [1.165, 1.54) is 12.8 Å². The van der Waals surface area contributed by atoms with E-state index in [1.54, 1.807) is 0 Å². The second kappa shape index (κ2) is 11.3. The molecule has 0 aromatic carbocycles. The number of urea groups is 1. The van der Waals surface area contributed by atoms with E-state index in [0.717, 1.165) is 18.9 Å². The van der Waals surface area contributed by atoms with Crippen LogP contribution in [-0.4, -0.2) is 31.8 Å². The molecule has 0 aliphatic heterocycles. The summed E-state index contributed by atoms with van der Waals surface area (Å²) in [6, 6.07) is 0.174. The molecule has 5 nitrogen and oxygen atoms in total. The maximum atomic E-state index is 11.3. The van der Waals surface area contributed by atoms with Crippen LogP contribution in [0.3, 0.4) is 0 Å². The van der Waals surface area contributed by atoms with Gasteiger partial charge in [-0.05, 0) is 26.2 Å². The number of carbonyl (C=O) groups excluding carboxylic acids is 1. The van der Waals surface area contributed by atoms with Crippen molar-refractivity contribution in [1.82, 2.24) is 16.1 Å². The molecule has 0 fully saturated rings. The Balaban J connectivity index is 3.22. The Morgan fingerprint density at radius 2 is 1.72 bits per heavy atom. The average Bonchev–Trinajstić information content (AvgIpc) is 2.27. The highest BCUT2D eigenvalue weighted by atomic mass is 16.6. The Morgan fingerprint density at radius 1 is 1.06 bits per heavy atom. The lowest BCUT2D eigenvalue weighted by Gasteiger charge is -2.10. The first-order chi connectivity index (χ1) is 8.52. The maximum absolute atomic E-state index is 11.3. The van der Waals surface area contributed by atoms with Crippen molar-refractivity contribution in [3.05, 3.63) is 0 Å². The second-order valence-electron chi connectivity index (χ2n) is 5.19. The molecule has 0 heterocycles. The van der Waals surface area contributed by atoms with Gasteiger partial charge < -0.3 is 10.6 Å². The van der Waals surface area contributed by atoms with Gasteiger partial charge in [0, 0.05) is 19.1 Å². The van der Waals surface area contributed by atoms with E-state index in [1.807, 2.05) is 13.8 Å². The molecule has 0 aromatic heterocycles. The van der Waals surface area contributed by atoms with Crippen LogP contribution in [0.4, 0.5) is 4.79 Å². The van der Waals surface area contributed by atoms with Crippen LogP contribution >= 0.6 is 0 Å². The quantitative estimate of drug-likeness (QED) is 0.415. The molecule has 0 aromatic rings. The Morgan fingerprint density at radius 3 is 2.33 bits per heavy atom. The van der Waals surface area contributed by atoms with Crippen molar-refractivity contribution in [3.63, 3.8) is 0 Å². The molecule has 0 radical (unpaired) electrons. The lowest BCUT2D eigenvalue weighted by molar-refractivity contribution is 0.0270. The van der Waals surface area contributed by atoms with Crippen LogP contribution in [0.25, 0.3) is 0 Å². The first-order valence-electron chi connectivity index (χ1n) is 6.91. The van der Waals surface area contributed by atoms with Crippen LogP contribution in [0.15, 0.2) is 0 Å². The minimum atomic E-state index is -0.118. The van der Waals surface area contributed by atoms with Crippen molar-refractivity contribution >= 4 is 6.03 Å². The van der Waals surface area contributed by atoms with Crippen LogP contribution in [-0.2, 0) is 4.84 Å². The first kappa shape index (κ1) is 17.2. The van der Waals surface area contributed by atoms with Gasteiger partial charge in [-0.2, -0.15) is 5.48 Å². The minimum absolute atomic E-state index is 0.118. The lowest BCUT2D eigenvalue weighted by atomic mass is 10.1. The zero-order valence-corrected chi connectivity index (χ0v) is 12.2. The number of carbonyl (C=O) groups is 1. The van der Waals surface area contributed by atoms with Gasteiger partial charge in [-0.3, -0.25) is 4.84 Å². The molecule has 2 amide bonds. The fraction of sp³-hybridized carbons (Fsp3) is 0.923. The summed E-state index contributed by atoms with van der Waals surface area (Å²) in [5.41, 5.74) is 2.82. The summed E-state index contributed by atoms with van der Waals surface area (Å²) < 4.78 is 0. The number of hydrogen-bond acceptors (Lipinski definition) is 3. The average molecular weight is 259 g/mol. The van der Waals surface area contributed by atoms with E-state index in [0.29, 0.717) is 19.2 Å². The van der Waals surface area contributed by atoms with Gasteiger partial charge in [-0.1, -0.05) is 26.7 Å². The van der Waals surface area contributed by atoms with Gasteiger partial charge in [-0.15, -0.1) is 0 Å². The van der Waals surface area contributed by atoms with Crippen molar-refractivity contribution in [2.45, 2.75) is 53.0 Å². The zero-order chi connectivity index (χ0) is 13.8. The van der Waals surface area contributed by atoms with Crippen LogP contribution in [0, 0.1) is 5.92 Å². The third-order valence-electron chi connectivity index (χ3n) is 2.30. The second-order valence-corrected chi connectivity index (χ2v) is 5.19. The standard InChI is InChI=1S/C13H29N3O2/c1-11(2)7-5-6-8-14-13(17)15-9-10-18-16-12(3)4/h11-12,16H,5-10H2,1-4H3,(H2,14,15,17). The van der Waals surface area contributed by atoms with Gasteiger partial charge in [0.15, 0.2) is 0 Å². The van der Waals surface area contributed by atoms with E-state index in [-0.39, 0.29) is 6.03 Å². The number of amides is 2. The summed E-state index contributed by atoms with van der Waals surface area (Å²) in [5.74, 6) is 0.740. The summed E-state index contributed by atoms with van der Waals surface area (Å²) in [7, 11) is 0. The molecule has 0 spiro atoms. The maximum Gasteiger partial charge on any atom is 0.314 e. The highest BCUT2D eigenvalue weighted by molar-refractivity contribution is 5.73. The van der Waals surface area contributed by atoms with Crippen LogP contribution in [0.5, 0.6) is 0 Å². The Bertz CT molecular complexity index is 188. The van der Waals surface area contributed by atoms with Gasteiger partial charge in [0.05, 0.1) is 6.61 Å². The fourth-order valence-corrected chi connectivity index (χ4v) is 1.38. The zero-order valence-electron chi connectivity index (χ0n) is 12.2. The van der Waals surface area contributed by atoms with E-state index < -0.39 is 0 Å². The van der Waals surface area contributed by atoms with Gasteiger partial charge in [0.1, 0.15) is 0 Å². The van der Waals surface area contributed by atoms with Crippen molar-refractivity contribution in [2.24, 2.45) is 5.92 Å². The summed E-state index contributed by atoms with van der Waals surface area (Å²) in [5, 5.41) is 5.57. The summed E-state index contributed by atoms with van der Waals surface area (Å²) in [4.78, 5) is 16.5. The molecule has 108 valence electrons. The third-order valence-corrected chi connectivity index (χ3v) is 2.30. The van der Waals surface area contributed by atoms with Gasteiger partial charge >= 0.3 is 6.03 Å². The largest absolute Gasteiger partial charge is 0.338 e. The molecule has 0 aliphatic carbocycles. The van der Waals surface area contributed by atoms with Crippen molar-refractivity contribution in [2.75, 3.05) is 19.7 Å². The number of unbranched alkanes of at least 4 members (excludes halogenated alkanes) is 1. The SMILES string of the molecule is CC(C)CCCCNC(=O)NCCONC(C)C. The van der Waals surface area contributed by atoms with Crippen molar-refractivity contribution in [1.29, 1.82) is 0 Å². The Hall–Kier alpha value is -0.810. The van der Waals surface area contributed by atoms with Gasteiger partial charge in [0.2, 0.25) is 0 Å². The van der Waals surface area contributed by atoms with Crippen LogP contribution in [0.2, 0.25) is 0 Å². The number of hydroxylamine groups is 1. The fourth-order valence-electron chi connectivity index (χ4n) is 1.38. The predicted molar refractivity (Wildman–Crippen MR) is 74.3 cm³/mol. The van der Waals surface area contributed by atoms with E-state index >= 15 is 0 Å². The summed E-state index contributed by atoms with van der Waals surface area (Å²) in [6.45, 7) is 10.1. The third kappa shape index (κ3) is 13.3. The molecule has 0 bridgehead atoms. The van der Waals surface area contributed by atoms with Crippen LogP contribution in [0.1, 0.15) is 47.0 Å². The molecule has 0 saturated carbocycles. The highest BCUT2D eigenvalue weighted by Crippen LogP contribution is 2.04. The molecule has 18 heavy (non-hydrogen) atoms. The molecule has 0 aliphatic rings. The molecule has 3 N–H and O–H groups in total. The summed E-state index contributed by atoms with van der Waals surface area (Å²) >= 11 is 0. The molecule has 0 unspecified atom stereocenters. The van der Waals surface area contributed by atoms with Gasteiger partial charge in [-0.25, -0.2) is 4.79 Å².